The molecule has 0 bridgehead atoms. The Bertz CT molecular complexity index is 845. The Labute approximate surface area is 183 Å². The van der Waals surface area contributed by atoms with Crippen molar-refractivity contribution in [2.45, 2.75) is 83.6 Å². The van der Waals surface area contributed by atoms with Crippen LogP contribution < -0.4 is 4.90 Å². The molecule has 0 radical (unpaired) electrons. The Hall–Kier alpha value is -1.88. The molecule has 1 aromatic rings. The number of thiophene rings is 1. The van der Waals surface area contributed by atoms with Crippen LogP contribution in [0.15, 0.2) is 24.3 Å². The van der Waals surface area contributed by atoms with Gasteiger partial charge < -0.3 is 10.0 Å². The van der Waals surface area contributed by atoms with E-state index in [4.69, 9.17) is 0 Å². The molecule has 1 saturated carbocycles. The molecule has 1 aromatic heterocycles. The summed E-state index contributed by atoms with van der Waals surface area (Å²) in [6.45, 7) is 2.26. The summed E-state index contributed by atoms with van der Waals surface area (Å²) in [5.41, 5.74) is 1.89. The van der Waals surface area contributed by atoms with E-state index in [1.807, 2.05) is 11.0 Å². The monoisotopic (exact) mass is 427 g/mol. The fourth-order valence-electron chi connectivity index (χ4n) is 5.14. The summed E-state index contributed by atoms with van der Waals surface area (Å²) in [5.74, 6) is -0.0718. The van der Waals surface area contributed by atoms with E-state index in [2.05, 4.69) is 25.2 Å². The molecule has 1 amide bonds. The maximum atomic E-state index is 13.8. The molecule has 0 aliphatic heterocycles. The molecule has 0 saturated heterocycles. The van der Waals surface area contributed by atoms with Crippen LogP contribution >= 0.6 is 11.3 Å². The van der Waals surface area contributed by atoms with Gasteiger partial charge in [-0.15, -0.1) is 11.3 Å². The molecule has 0 spiro atoms. The molecule has 5 heteroatoms. The van der Waals surface area contributed by atoms with E-state index >= 15 is 0 Å². The molecule has 4 rings (SSSR count). The second-order valence-electron chi connectivity index (χ2n) is 9.21. The number of carboxylic acid groups (broad SMARTS) is 1. The standard InChI is InChI=1S/C25H33NO3S/c1-17-12-14-19(15-13-17)24(27)26(20-10-6-3-7-11-20)21-16-22(30-23(21)25(28)29)18-8-4-2-5-9-18/h3,6,8,16-17,19-20H,2,4-5,7,9-15H2,1H3,(H,28,29). The molecule has 1 N–H and O–H groups in total. The number of aromatic carboxylic acids is 1. The quantitative estimate of drug-likeness (QED) is 0.534. The molecule has 1 atom stereocenters. The number of carbonyl (C=O) groups is 2. The van der Waals surface area contributed by atoms with Crippen LogP contribution in [0.3, 0.4) is 0 Å². The van der Waals surface area contributed by atoms with Gasteiger partial charge in [0.05, 0.1) is 5.69 Å². The fraction of sp³-hybridized carbons (Fsp3) is 0.600. The van der Waals surface area contributed by atoms with Crippen molar-refractivity contribution in [3.63, 3.8) is 0 Å². The highest BCUT2D eigenvalue weighted by Gasteiger charge is 2.36. The molecule has 1 heterocycles. The lowest BCUT2D eigenvalue weighted by Crippen LogP contribution is -2.45. The predicted molar refractivity (Wildman–Crippen MR) is 123 cm³/mol. The van der Waals surface area contributed by atoms with E-state index in [1.54, 1.807) is 0 Å². The molecule has 30 heavy (non-hydrogen) atoms. The summed E-state index contributed by atoms with van der Waals surface area (Å²) in [4.78, 5) is 29.2. The first-order chi connectivity index (χ1) is 14.5. The van der Waals surface area contributed by atoms with Crippen LogP contribution in [0.25, 0.3) is 5.57 Å². The Morgan fingerprint density at radius 2 is 1.87 bits per heavy atom. The average molecular weight is 428 g/mol. The van der Waals surface area contributed by atoms with Crippen molar-refractivity contribution in [3.8, 4) is 0 Å². The van der Waals surface area contributed by atoms with E-state index in [1.165, 1.54) is 23.3 Å². The SMILES string of the molecule is CC1CCC(C(=O)N(c2cc(C3=CCCCC3)sc2C(=O)O)C2CC=CCC2)CC1. The number of amides is 1. The minimum absolute atomic E-state index is 0.0194. The highest BCUT2D eigenvalue weighted by Crippen LogP contribution is 2.41. The second kappa shape index (κ2) is 9.51. The third kappa shape index (κ3) is 4.56. The van der Waals surface area contributed by atoms with Gasteiger partial charge >= 0.3 is 5.97 Å². The molecule has 162 valence electrons. The maximum absolute atomic E-state index is 13.8. The minimum Gasteiger partial charge on any atom is -0.477 e. The molecule has 3 aliphatic rings. The van der Waals surface area contributed by atoms with Crippen molar-refractivity contribution in [2.24, 2.45) is 11.8 Å². The Morgan fingerprint density at radius 3 is 2.50 bits per heavy atom. The van der Waals surface area contributed by atoms with Crippen LogP contribution in [0.2, 0.25) is 0 Å². The molecule has 1 fully saturated rings. The largest absolute Gasteiger partial charge is 0.477 e. The first-order valence-corrected chi connectivity index (χ1v) is 12.4. The lowest BCUT2D eigenvalue weighted by Gasteiger charge is -2.37. The van der Waals surface area contributed by atoms with Gasteiger partial charge in [0, 0.05) is 16.8 Å². The molecular formula is C25H33NO3S. The summed E-state index contributed by atoms with van der Waals surface area (Å²) < 4.78 is 0. The summed E-state index contributed by atoms with van der Waals surface area (Å²) in [6.07, 6.45) is 17.6. The van der Waals surface area contributed by atoms with Crippen LogP contribution in [0.1, 0.15) is 92.1 Å². The number of nitrogens with zero attached hydrogens (tertiary/aromatic N) is 1. The average Bonchev–Trinajstić information content (AvgIpc) is 3.21. The highest BCUT2D eigenvalue weighted by molar-refractivity contribution is 7.15. The minimum atomic E-state index is -0.918. The fourth-order valence-corrected chi connectivity index (χ4v) is 6.20. The number of anilines is 1. The number of carbonyl (C=O) groups excluding carboxylic acids is 1. The Kier molecular flexibility index (Phi) is 6.77. The lowest BCUT2D eigenvalue weighted by molar-refractivity contribution is -0.124. The van der Waals surface area contributed by atoms with Crippen molar-refractivity contribution in [3.05, 3.63) is 34.0 Å². The van der Waals surface area contributed by atoms with Crippen molar-refractivity contribution in [2.75, 3.05) is 4.90 Å². The molecule has 1 unspecified atom stereocenters. The van der Waals surface area contributed by atoms with Gasteiger partial charge in [0.2, 0.25) is 5.91 Å². The number of rotatable bonds is 5. The molecular weight excluding hydrogens is 394 g/mol. The summed E-state index contributed by atoms with van der Waals surface area (Å²) in [6, 6.07) is 2.06. The Balaban J connectivity index is 1.71. The van der Waals surface area contributed by atoms with Crippen molar-refractivity contribution >= 4 is 34.5 Å². The lowest BCUT2D eigenvalue weighted by atomic mass is 9.81. The van der Waals surface area contributed by atoms with Crippen LogP contribution in [0, 0.1) is 11.8 Å². The van der Waals surface area contributed by atoms with Gasteiger partial charge in [-0.2, -0.15) is 0 Å². The van der Waals surface area contributed by atoms with Crippen molar-refractivity contribution in [1.82, 2.24) is 0 Å². The van der Waals surface area contributed by atoms with Crippen LogP contribution in [-0.4, -0.2) is 23.0 Å². The smallest absolute Gasteiger partial charge is 0.348 e. The van der Waals surface area contributed by atoms with Gasteiger partial charge in [0.25, 0.3) is 0 Å². The van der Waals surface area contributed by atoms with E-state index in [9.17, 15) is 14.7 Å². The van der Waals surface area contributed by atoms with Crippen LogP contribution in [0.4, 0.5) is 5.69 Å². The molecule has 4 nitrogen and oxygen atoms in total. The zero-order valence-electron chi connectivity index (χ0n) is 17.9. The van der Waals surface area contributed by atoms with E-state index < -0.39 is 5.97 Å². The first-order valence-electron chi connectivity index (χ1n) is 11.6. The second-order valence-corrected chi connectivity index (χ2v) is 10.3. The predicted octanol–water partition coefficient (Wildman–Crippen LogP) is 6.67. The molecule has 3 aliphatic carbocycles. The third-order valence-corrected chi connectivity index (χ3v) is 8.17. The van der Waals surface area contributed by atoms with Gasteiger partial charge in [-0.25, -0.2) is 4.79 Å². The maximum Gasteiger partial charge on any atom is 0.348 e. The third-order valence-electron chi connectivity index (χ3n) is 6.98. The number of hydrogen-bond acceptors (Lipinski definition) is 3. The summed E-state index contributed by atoms with van der Waals surface area (Å²) >= 11 is 1.35. The zero-order chi connectivity index (χ0) is 21.1. The van der Waals surface area contributed by atoms with E-state index in [0.29, 0.717) is 16.5 Å². The summed E-state index contributed by atoms with van der Waals surface area (Å²) in [7, 11) is 0. The van der Waals surface area contributed by atoms with Gasteiger partial charge in [0.15, 0.2) is 0 Å². The van der Waals surface area contributed by atoms with Crippen LogP contribution in [0.5, 0.6) is 0 Å². The zero-order valence-corrected chi connectivity index (χ0v) is 18.8. The Morgan fingerprint density at radius 1 is 1.07 bits per heavy atom. The van der Waals surface area contributed by atoms with E-state index in [0.717, 1.165) is 69.1 Å². The molecule has 0 aromatic carbocycles. The van der Waals surface area contributed by atoms with Gasteiger partial charge in [0.1, 0.15) is 4.88 Å². The topological polar surface area (TPSA) is 57.6 Å². The van der Waals surface area contributed by atoms with Crippen LogP contribution in [-0.2, 0) is 4.79 Å². The van der Waals surface area contributed by atoms with Gasteiger partial charge in [-0.1, -0.05) is 25.2 Å². The van der Waals surface area contributed by atoms with E-state index in [-0.39, 0.29) is 17.9 Å². The number of allylic oxidation sites excluding steroid dienone is 3. The normalized spacial score (nSPS) is 26.8. The number of hydrogen-bond donors (Lipinski definition) is 1. The van der Waals surface area contributed by atoms with Crippen molar-refractivity contribution < 1.29 is 14.7 Å². The highest BCUT2D eigenvalue weighted by atomic mass is 32.1. The first kappa shape index (κ1) is 21.4. The van der Waals surface area contributed by atoms with Gasteiger partial charge in [-0.3, -0.25) is 4.79 Å². The van der Waals surface area contributed by atoms with Gasteiger partial charge in [-0.05, 0) is 88.2 Å². The summed E-state index contributed by atoms with van der Waals surface area (Å²) in [5, 5.41) is 9.99. The number of carboxylic acids is 1. The van der Waals surface area contributed by atoms with Crippen molar-refractivity contribution in [1.29, 1.82) is 0 Å².